The Kier molecular flexibility index (Phi) is 3.28. The minimum Gasteiger partial charge on any atom is -0.437 e. The zero-order chi connectivity index (χ0) is 14.1. The zero-order valence-corrected chi connectivity index (χ0v) is 12.4. The highest BCUT2D eigenvalue weighted by molar-refractivity contribution is 9.10. The third kappa shape index (κ3) is 2.32. The van der Waals surface area contributed by atoms with E-state index in [1.807, 2.05) is 31.2 Å². The number of nitrogen functional groups attached to an aromatic ring is 1. The third-order valence-corrected chi connectivity index (χ3v) is 3.48. The van der Waals surface area contributed by atoms with Crippen LogP contribution in [0, 0.1) is 6.92 Å². The first-order chi connectivity index (χ1) is 9.65. The highest BCUT2D eigenvalue weighted by atomic mass is 79.9. The van der Waals surface area contributed by atoms with Crippen LogP contribution in [0.3, 0.4) is 0 Å². The molecule has 0 amide bonds. The molecule has 0 aliphatic heterocycles. The van der Waals surface area contributed by atoms with Crippen molar-refractivity contribution in [2.24, 2.45) is 0 Å². The van der Waals surface area contributed by atoms with E-state index in [4.69, 9.17) is 10.5 Å². The Morgan fingerprint density at radius 3 is 2.85 bits per heavy atom. The number of ether oxygens (including phenoxy) is 1. The largest absolute Gasteiger partial charge is 0.437 e. The number of fused-ring (bicyclic) bond motifs is 1. The third-order valence-electron chi connectivity index (χ3n) is 2.91. The van der Waals surface area contributed by atoms with Gasteiger partial charge in [-0.3, -0.25) is 4.98 Å². The number of rotatable bonds is 2. The van der Waals surface area contributed by atoms with E-state index in [0.29, 0.717) is 17.3 Å². The second-order valence-electron chi connectivity index (χ2n) is 4.45. The average Bonchev–Trinajstić information content (AvgIpc) is 2.45. The second-order valence-corrected chi connectivity index (χ2v) is 5.31. The lowest BCUT2D eigenvalue weighted by Gasteiger charge is -2.10. The summed E-state index contributed by atoms with van der Waals surface area (Å²) in [6.45, 7) is 1.98. The van der Waals surface area contributed by atoms with Gasteiger partial charge in [0, 0.05) is 17.8 Å². The summed E-state index contributed by atoms with van der Waals surface area (Å²) < 4.78 is 6.69. The highest BCUT2D eigenvalue weighted by Gasteiger charge is 2.10. The molecule has 0 atom stereocenters. The topological polar surface area (TPSA) is 61.0 Å². The van der Waals surface area contributed by atoms with Gasteiger partial charge in [-0.05, 0) is 58.7 Å². The quantitative estimate of drug-likeness (QED) is 0.720. The number of anilines is 1. The molecule has 2 aromatic heterocycles. The number of hydrogen-bond donors (Lipinski definition) is 1. The molecule has 100 valence electrons. The molecular formula is C15H12BrN3O. The Balaban J connectivity index is 2.09. The molecule has 1 aromatic carbocycles. The summed E-state index contributed by atoms with van der Waals surface area (Å²) in [4.78, 5) is 8.56. The monoisotopic (exact) mass is 329 g/mol. The molecular weight excluding hydrogens is 318 g/mol. The van der Waals surface area contributed by atoms with Gasteiger partial charge in [0.2, 0.25) is 5.88 Å². The van der Waals surface area contributed by atoms with E-state index in [9.17, 15) is 0 Å². The molecule has 0 saturated heterocycles. The average molecular weight is 330 g/mol. The molecule has 0 aliphatic carbocycles. The standard InChI is InChI=1S/C15H12BrN3O/c1-9-7-11(16)15(19-8-9)20-13-5-4-12(17)14-10(13)3-2-6-18-14/h2-8H,17H2,1H3. The molecule has 5 heteroatoms. The van der Waals surface area contributed by atoms with Crippen LogP contribution >= 0.6 is 15.9 Å². The van der Waals surface area contributed by atoms with Gasteiger partial charge < -0.3 is 10.5 Å². The van der Waals surface area contributed by atoms with Crippen LogP contribution in [-0.2, 0) is 0 Å². The molecule has 20 heavy (non-hydrogen) atoms. The van der Waals surface area contributed by atoms with Crippen molar-refractivity contribution in [2.45, 2.75) is 6.92 Å². The first-order valence-electron chi connectivity index (χ1n) is 6.08. The molecule has 3 rings (SSSR count). The molecule has 0 aliphatic rings. The van der Waals surface area contributed by atoms with Crippen LogP contribution in [0.5, 0.6) is 11.6 Å². The maximum atomic E-state index is 5.93. The van der Waals surface area contributed by atoms with E-state index >= 15 is 0 Å². The fourth-order valence-electron chi connectivity index (χ4n) is 1.96. The maximum Gasteiger partial charge on any atom is 0.233 e. The van der Waals surface area contributed by atoms with Crippen LogP contribution in [0.4, 0.5) is 5.69 Å². The smallest absolute Gasteiger partial charge is 0.233 e. The molecule has 0 unspecified atom stereocenters. The Morgan fingerprint density at radius 1 is 1.20 bits per heavy atom. The van der Waals surface area contributed by atoms with Crippen molar-refractivity contribution in [1.29, 1.82) is 0 Å². The molecule has 0 bridgehead atoms. The van der Waals surface area contributed by atoms with E-state index in [1.54, 1.807) is 18.5 Å². The van der Waals surface area contributed by atoms with E-state index in [-0.39, 0.29) is 0 Å². The summed E-state index contributed by atoms with van der Waals surface area (Å²) in [5.41, 5.74) is 8.35. The minimum absolute atomic E-state index is 0.519. The van der Waals surface area contributed by atoms with Gasteiger partial charge in [-0.2, -0.15) is 0 Å². The summed E-state index contributed by atoms with van der Waals surface area (Å²) in [6.07, 6.45) is 3.47. The molecule has 0 fully saturated rings. The number of pyridine rings is 2. The number of aryl methyl sites for hydroxylation is 1. The number of halogens is 1. The number of hydrogen-bond acceptors (Lipinski definition) is 4. The first-order valence-corrected chi connectivity index (χ1v) is 6.87. The van der Waals surface area contributed by atoms with E-state index in [0.717, 1.165) is 20.9 Å². The van der Waals surface area contributed by atoms with Crippen molar-refractivity contribution < 1.29 is 4.74 Å². The SMILES string of the molecule is Cc1cnc(Oc2ccc(N)c3ncccc23)c(Br)c1. The Morgan fingerprint density at radius 2 is 2.05 bits per heavy atom. The minimum atomic E-state index is 0.519. The summed E-state index contributed by atoms with van der Waals surface area (Å²) in [6, 6.07) is 9.35. The predicted octanol–water partition coefficient (Wildman–Crippen LogP) is 4.08. The lowest BCUT2D eigenvalue weighted by Crippen LogP contribution is -1.94. The van der Waals surface area contributed by atoms with Gasteiger partial charge in [-0.1, -0.05) is 0 Å². The number of nitrogens with two attached hydrogens (primary N) is 1. The Bertz CT molecular complexity index is 789. The van der Waals surface area contributed by atoms with Gasteiger partial charge in [0.25, 0.3) is 0 Å². The van der Waals surface area contributed by atoms with E-state index in [2.05, 4.69) is 25.9 Å². The van der Waals surface area contributed by atoms with Gasteiger partial charge in [0.1, 0.15) is 5.75 Å². The van der Waals surface area contributed by atoms with Crippen LogP contribution < -0.4 is 10.5 Å². The zero-order valence-electron chi connectivity index (χ0n) is 10.8. The van der Waals surface area contributed by atoms with Gasteiger partial charge in [0.05, 0.1) is 15.7 Å². The molecule has 2 heterocycles. The summed E-state index contributed by atoms with van der Waals surface area (Å²) >= 11 is 3.46. The van der Waals surface area contributed by atoms with Crippen molar-refractivity contribution in [3.63, 3.8) is 0 Å². The van der Waals surface area contributed by atoms with Crippen LogP contribution in [-0.4, -0.2) is 9.97 Å². The number of aromatic nitrogens is 2. The van der Waals surface area contributed by atoms with Gasteiger partial charge in [-0.15, -0.1) is 0 Å². The lowest BCUT2D eigenvalue weighted by atomic mass is 10.2. The van der Waals surface area contributed by atoms with Gasteiger partial charge in [0.15, 0.2) is 0 Å². The van der Waals surface area contributed by atoms with Crippen molar-refractivity contribution in [3.8, 4) is 11.6 Å². The Hall–Kier alpha value is -2.14. The first kappa shape index (κ1) is 12.9. The molecule has 0 spiro atoms. The normalized spacial score (nSPS) is 10.7. The molecule has 0 saturated carbocycles. The Labute approximate surface area is 124 Å². The summed E-state index contributed by atoms with van der Waals surface area (Å²) in [5.74, 6) is 1.20. The predicted molar refractivity (Wildman–Crippen MR) is 82.9 cm³/mol. The van der Waals surface area contributed by atoms with Crippen molar-refractivity contribution in [2.75, 3.05) is 5.73 Å². The van der Waals surface area contributed by atoms with Gasteiger partial charge >= 0.3 is 0 Å². The van der Waals surface area contributed by atoms with Crippen LogP contribution in [0.2, 0.25) is 0 Å². The number of benzene rings is 1. The summed E-state index contributed by atoms with van der Waals surface area (Å²) in [5, 5.41) is 0.863. The van der Waals surface area contributed by atoms with Crippen molar-refractivity contribution in [3.05, 3.63) is 52.8 Å². The van der Waals surface area contributed by atoms with E-state index < -0.39 is 0 Å². The maximum absolute atomic E-state index is 5.93. The summed E-state index contributed by atoms with van der Waals surface area (Å²) in [7, 11) is 0. The lowest BCUT2D eigenvalue weighted by molar-refractivity contribution is 0.464. The van der Waals surface area contributed by atoms with Crippen LogP contribution in [0.25, 0.3) is 10.9 Å². The van der Waals surface area contributed by atoms with Crippen LogP contribution in [0.1, 0.15) is 5.56 Å². The second kappa shape index (κ2) is 5.09. The van der Waals surface area contributed by atoms with Crippen molar-refractivity contribution in [1.82, 2.24) is 9.97 Å². The molecule has 4 nitrogen and oxygen atoms in total. The van der Waals surface area contributed by atoms with Crippen LogP contribution in [0.15, 0.2) is 47.2 Å². The fourth-order valence-corrected chi connectivity index (χ4v) is 2.50. The highest BCUT2D eigenvalue weighted by Crippen LogP contribution is 2.34. The van der Waals surface area contributed by atoms with E-state index in [1.165, 1.54) is 0 Å². The van der Waals surface area contributed by atoms with Crippen molar-refractivity contribution >= 4 is 32.5 Å². The number of nitrogens with zero attached hydrogens (tertiary/aromatic N) is 2. The van der Waals surface area contributed by atoms with Gasteiger partial charge in [-0.25, -0.2) is 4.98 Å². The fraction of sp³-hybridized carbons (Fsp3) is 0.0667. The molecule has 0 radical (unpaired) electrons. The molecule has 3 aromatic rings. The molecule has 2 N–H and O–H groups in total.